The Morgan fingerprint density at radius 3 is 2.56 bits per heavy atom. The second kappa shape index (κ2) is 3.86. The smallest absolute Gasteiger partial charge is 0.140 e. The predicted octanol–water partition coefficient (Wildman–Crippen LogP) is 4.01. The fourth-order valence-electron chi connectivity index (χ4n) is 1.60. The normalized spacial score (nSPS) is 17.8. The molecule has 0 N–H and O–H groups in total. The Hall–Kier alpha value is -0.860. The van der Waals surface area contributed by atoms with Crippen LogP contribution in [-0.4, -0.2) is 12.7 Å². The topological polar surface area (TPSA) is 18.5 Å². The third-order valence-corrected chi connectivity index (χ3v) is 3.64. The van der Waals surface area contributed by atoms with Crippen molar-refractivity contribution in [2.24, 2.45) is 0 Å². The van der Waals surface area contributed by atoms with Crippen molar-refractivity contribution in [3.05, 3.63) is 28.8 Å². The number of hydrogen-bond acceptors (Lipinski definition) is 2. The Morgan fingerprint density at radius 2 is 1.94 bits per heavy atom. The van der Waals surface area contributed by atoms with Crippen molar-refractivity contribution in [3.63, 3.8) is 0 Å². The number of rotatable bonds is 1. The molecule has 0 radical (unpaired) electrons. The average Bonchev–Trinajstić information content (AvgIpc) is 2.25. The zero-order valence-electron chi connectivity index (χ0n) is 9.30. The summed E-state index contributed by atoms with van der Waals surface area (Å²) >= 11 is 12.4. The number of halogens is 2. The van der Waals surface area contributed by atoms with Crippen LogP contribution >= 0.6 is 23.2 Å². The molecular formula is C12H12Cl2O2. The van der Waals surface area contributed by atoms with E-state index < -0.39 is 5.60 Å². The van der Waals surface area contributed by atoms with E-state index in [2.05, 4.69) is 0 Å². The Bertz CT molecular complexity index is 464. The highest BCUT2D eigenvalue weighted by atomic mass is 35.5. The van der Waals surface area contributed by atoms with E-state index in [-0.39, 0.29) is 0 Å². The summed E-state index contributed by atoms with van der Waals surface area (Å²) in [5.41, 5.74) is 0.186. The second-order valence-electron chi connectivity index (χ2n) is 4.10. The number of fused-ring (bicyclic) bond motifs is 1. The quantitative estimate of drug-likeness (QED) is 0.758. The molecule has 0 unspecified atom stereocenters. The summed E-state index contributed by atoms with van der Waals surface area (Å²) in [7, 11) is 1.61. The van der Waals surface area contributed by atoms with Crippen LogP contribution in [0.15, 0.2) is 23.2 Å². The second-order valence-corrected chi connectivity index (χ2v) is 4.86. The van der Waals surface area contributed by atoms with E-state index >= 15 is 0 Å². The van der Waals surface area contributed by atoms with Crippen LogP contribution in [-0.2, 0) is 0 Å². The maximum Gasteiger partial charge on any atom is 0.140 e. The first-order valence-corrected chi connectivity index (χ1v) is 5.64. The van der Waals surface area contributed by atoms with E-state index in [1.54, 1.807) is 7.11 Å². The van der Waals surface area contributed by atoms with Gasteiger partial charge in [0.05, 0.1) is 17.2 Å². The molecule has 1 aromatic carbocycles. The maximum absolute atomic E-state index is 6.22. The zero-order chi connectivity index (χ0) is 11.9. The van der Waals surface area contributed by atoms with Gasteiger partial charge in [0, 0.05) is 5.56 Å². The summed E-state index contributed by atoms with van der Waals surface area (Å²) in [4.78, 5) is 0. The van der Waals surface area contributed by atoms with Crippen LogP contribution in [0.5, 0.6) is 11.5 Å². The van der Waals surface area contributed by atoms with Crippen molar-refractivity contribution >= 4 is 28.2 Å². The fraction of sp³-hybridized carbons (Fsp3) is 0.333. The lowest BCUT2D eigenvalue weighted by Crippen LogP contribution is -2.31. The van der Waals surface area contributed by atoms with Gasteiger partial charge in [-0.15, -0.1) is 0 Å². The molecule has 0 saturated carbocycles. The van der Waals surface area contributed by atoms with Crippen molar-refractivity contribution in [2.75, 3.05) is 7.11 Å². The number of methoxy groups -OCH3 is 1. The SMILES string of the molecule is COc1ccc2c(c1)C(Cl)=C(Cl)C(C)(C)O2. The summed E-state index contributed by atoms with van der Waals surface area (Å²) in [5, 5.41) is 1.03. The van der Waals surface area contributed by atoms with Gasteiger partial charge in [0.2, 0.25) is 0 Å². The van der Waals surface area contributed by atoms with Crippen LogP contribution in [0.25, 0.3) is 5.03 Å². The monoisotopic (exact) mass is 258 g/mol. The van der Waals surface area contributed by atoms with Crippen LogP contribution < -0.4 is 9.47 Å². The first-order valence-electron chi connectivity index (χ1n) is 4.89. The Balaban J connectivity index is 2.59. The van der Waals surface area contributed by atoms with Crippen molar-refractivity contribution in [1.29, 1.82) is 0 Å². The highest BCUT2D eigenvalue weighted by Crippen LogP contribution is 2.45. The van der Waals surface area contributed by atoms with Crippen LogP contribution in [0, 0.1) is 0 Å². The number of ether oxygens (including phenoxy) is 2. The minimum Gasteiger partial charge on any atom is -0.497 e. The number of benzene rings is 1. The van der Waals surface area contributed by atoms with Gasteiger partial charge in [0.15, 0.2) is 0 Å². The van der Waals surface area contributed by atoms with Crippen LogP contribution in [0.1, 0.15) is 19.4 Å². The lowest BCUT2D eigenvalue weighted by atomic mass is 10.0. The largest absolute Gasteiger partial charge is 0.497 e. The van der Waals surface area contributed by atoms with E-state index in [1.807, 2.05) is 32.0 Å². The molecule has 0 fully saturated rings. The lowest BCUT2D eigenvalue weighted by molar-refractivity contribution is 0.153. The molecule has 2 nitrogen and oxygen atoms in total. The molecule has 0 bridgehead atoms. The van der Waals surface area contributed by atoms with Crippen molar-refractivity contribution < 1.29 is 9.47 Å². The first kappa shape index (κ1) is 11.6. The molecule has 0 saturated heterocycles. The zero-order valence-corrected chi connectivity index (χ0v) is 10.8. The van der Waals surface area contributed by atoms with Crippen LogP contribution in [0.2, 0.25) is 0 Å². The molecule has 0 aliphatic carbocycles. The molecule has 16 heavy (non-hydrogen) atoms. The molecular weight excluding hydrogens is 247 g/mol. The first-order chi connectivity index (χ1) is 7.45. The van der Waals surface area contributed by atoms with Gasteiger partial charge in [-0.1, -0.05) is 23.2 Å². The highest BCUT2D eigenvalue weighted by Gasteiger charge is 2.33. The summed E-state index contributed by atoms with van der Waals surface area (Å²) in [6.45, 7) is 3.76. The summed E-state index contributed by atoms with van der Waals surface area (Å²) in [6.07, 6.45) is 0. The van der Waals surface area contributed by atoms with E-state index in [4.69, 9.17) is 32.7 Å². The molecule has 0 amide bonds. The van der Waals surface area contributed by atoms with E-state index in [0.717, 1.165) is 17.1 Å². The van der Waals surface area contributed by atoms with Crippen molar-refractivity contribution in [1.82, 2.24) is 0 Å². The third-order valence-electron chi connectivity index (χ3n) is 2.51. The molecule has 0 aromatic heterocycles. The van der Waals surface area contributed by atoms with Gasteiger partial charge in [0.25, 0.3) is 0 Å². The minimum absolute atomic E-state index is 0.509. The van der Waals surface area contributed by atoms with E-state index in [9.17, 15) is 0 Å². The lowest BCUT2D eigenvalue weighted by Gasteiger charge is -2.32. The Labute approximate surface area is 105 Å². The average molecular weight is 259 g/mol. The van der Waals surface area contributed by atoms with Crippen LogP contribution in [0.4, 0.5) is 0 Å². The van der Waals surface area contributed by atoms with Gasteiger partial charge in [-0.05, 0) is 32.0 Å². The minimum atomic E-state index is -0.583. The molecule has 1 aliphatic rings. The molecule has 86 valence electrons. The van der Waals surface area contributed by atoms with Gasteiger partial charge < -0.3 is 9.47 Å². The van der Waals surface area contributed by atoms with Gasteiger partial charge in [-0.2, -0.15) is 0 Å². The highest BCUT2D eigenvalue weighted by molar-refractivity contribution is 6.55. The molecule has 0 atom stereocenters. The van der Waals surface area contributed by atoms with Gasteiger partial charge in [0.1, 0.15) is 17.1 Å². The number of hydrogen-bond donors (Lipinski definition) is 0. The molecule has 2 rings (SSSR count). The summed E-state index contributed by atoms with van der Waals surface area (Å²) in [5.74, 6) is 1.45. The fourth-order valence-corrected chi connectivity index (χ4v) is 2.11. The van der Waals surface area contributed by atoms with E-state index in [0.29, 0.717) is 10.1 Å². The molecule has 1 heterocycles. The van der Waals surface area contributed by atoms with Gasteiger partial charge >= 0.3 is 0 Å². The van der Waals surface area contributed by atoms with Crippen LogP contribution in [0.3, 0.4) is 0 Å². The summed E-state index contributed by atoms with van der Waals surface area (Å²) in [6, 6.07) is 5.48. The summed E-state index contributed by atoms with van der Waals surface area (Å²) < 4.78 is 10.9. The Morgan fingerprint density at radius 1 is 1.25 bits per heavy atom. The molecule has 4 heteroatoms. The predicted molar refractivity (Wildman–Crippen MR) is 66.3 cm³/mol. The third kappa shape index (κ3) is 1.76. The van der Waals surface area contributed by atoms with Gasteiger partial charge in [-0.3, -0.25) is 0 Å². The Kier molecular flexibility index (Phi) is 2.81. The molecule has 0 spiro atoms. The molecule has 1 aliphatic heterocycles. The van der Waals surface area contributed by atoms with Crippen molar-refractivity contribution in [3.8, 4) is 11.5 Å². The standard InChI is InChI=1S/C12H12Cl2O2/c1-12(2)11(14)10(13)8-6-7(15-3)4-5-9(8)16-12/h4-6H,1-3H3. The molecule has 1 aromatic rings. The van der Waals surface area contributed by atoms with Gasteiger partial charge in [-0.25, -0.2) is 0 Å². The van der Waals surface area contributed by atoms with E-state index in [1.165, 1.54) is 0 Å². The maximum atomic E-state index is 6.22. The van der Waals surface area contributed by atoms with Crippen molar-refractivity contribution in [2.45, 2.75) is 19.4 Å².